The van der Waals surface area contributed by atoms with Gasteiger partial charge in [0.05, 0.1) is 6.54 Å². The van der Waals surface area contributed by atoms with E-state index in [9.17, 15) is 4.79 Å². The first-order valence-corrected chi connectivity index (χ1v) is 8.42. The van der Waals surface area contributed by atoms with Crippen LogP contribution in [-0.4, -0.2) is 23.0 Å². The van der Waals surface area contributed by atoms with E-state index >= 15 is 0 Å². The molecule has 112 valence electrons. The predicted octanol–water partition coefficient (Wildman–Crippen LogP) is 3.77. The standard InChI is InChI=1S/C15H14N4OS2/c1-10-3-4-11(17-9-20)7-12(10)18-15-19-13(8-22-15)14-16-5-2-6-21-14/h2-4,6-9H,5H2,1H3,(H,17,20)(H,18,19). The van der Waals surface area contributed by atoms with Crippen LogP contribution in [0.15, 0.2) is 40.1 Å². The third kappa shape index (κ3) is 3.37. The number of carbonyl (C=O) groups excluding carboxylic acids is 1. The van der Waals surface area contributed by atoms with Crippen LogP contribution in [0.4, 0.5) is 16.5 Å². The summed E-state index contributed by atoms with van der Waals surface area (Å²) in [6, 6.07) is 5.71. The first-order valence-electron chi connectivity index (χ1n) is 6.66. The minimum atomic E-state index is 0.669. The van der Waals surface area contributed by atoms with E-state index in [1.54, 1.807) is 11.8 Å². The fourth-order valence-corrected chi connectivity index (χ4v) is 3.40. The van der Waals surface area contributed by atoms with Gasteiger partial charge >= 0.3 is 0 Å². The molecule has 0 unspecified atom stereocenters. The van der Waals surface area contributed by atoms with E-state index < -0.39 is 0 Å². The van der Waals surface area contributed by atoms with Crippen molar-refractivity contribution in [3.63, 3.8) is 0 Å². The molecule has 0 aliphatic carbocycles. The number of anilines is 3. The number of rotatable bonds is 5. The molecule has 1 amide bonds. The molecule has 5 nitrogen and oxygen atoms in total. The number of nitrogens with zero attached hydrogens (tertiary/aromatic N) is 2. The number of carbonyl (C=O) groups is 1. The average Bonchev–Trinajstić information content (AvgIpc) is 3.00. The lowest BCUT2D eigenvalue weighted by Gasteiger charge is -2.09. The Hall–Kier alpha value is -2.12. The van der Waals surface area contributed by atoms with Gasteiger partial charge in [-0.3, -0.25) is 9.79 Å². The summed E-state index contributed by atoms with van der Waals surface area (Å²) in [6.45, 7) is 2.72. The molecule has 2 aromatic rings. The molecule has 1 aliphatic heterocycles. The maximum absolute atomic E-state index is 10.5. The highest BCUT2D eigenvalue weighted by Gasteiger charge is 2.11. The van der Waals surface area contributed by atoms with Crippen molar-refractivity contribution in [3.05, 3.63) is 46.3 Å². The number of hydrogen-bond donors (Lipinski definition) is 2. The van der Waals surface area contributed by atoms with E-state index in [0.717, 1.165) is 32.8 Å². The maximum Gasteiger partial charge on any atom is 0.211 e. The van der Waals surface area contributed by atoms with E-state index in [-0.39, 0.29) is 0 Å². The monoisotopic (exact) mass is 330 g/mol. The molecule has 3 rings (SSSR count). The molecule has 1 aliphatic rings. The van der Waals surface area contributed by atoms with Gasteiger partial charge in [-0.2, -0.15) is 0 Å². The second kappa shape index (κ2) is 6.76. The molecular weight excluding hydrogens is 316 g/mol. The highest BCUT2D eigenvalue weighted by atomic mass is 32.2. The van der Waals surface area contributed by atoms with Crippen molar-refractivity contribution in [1.29, 1.82) is 0 Å². The normalized spacial score (nSPS) is 13.6. The van der Waals surface area contributed by atoms with Gasteiger partial charge in [-0.05, 0) is 30.0 Å². The molecule has 0 saturated heterocycles. The molecule has 0 radical (unpaired) electrons. The molecule has 0 saturated carbocycles. The first kappa shape index (κ1) is 14.8. The summed E-state index contributed by atoms with van der Waals surface area (Å²) in [5, 5.41) is 11.7. The van der Waals surface area contributed by atoms with Gasteiger partial charge in [-0.25, -0.2) is 4.98 Å². The Kier molecular flexibility index (Phi) is 4.55. The summed E-state index contributed by atoms with van der Waals surface area (Å²) in [5.41, 5.74) is 3.64. The van der Waals surface area contributed by atoms with Crippen LogP contribution in [0.1, 0.15) is 11.3 Å². The van der Waals surface area contributed by atoms with Crippen molar-refractivity contribution in [1.82, 2.24) is 4.98 Å². The Labute approximate surface area is 136 Å². The second-order valence-corrected chi connectivity index (χ2v) is 6.34. The summed E-state index contributed by atoms with van der Waals surface area (Å²) in [7, 11) is 0. The number of benzene rings is 1. The summed E-state index contributed by atoms with van der Waals surface area (Å²) in [4.78, 5) is 19.6. The minimum Gasteiger partial charge on any atom is -0.331 e. The zero-order valence-electron chi connectivity index (χ0n) is 11.9. The number of aliphatic imine (C=N–C) groups is 1. The summed E-state index contributed by atoms with van der Waals surface area (Å²) in [5.74, 6) is 0. The lowest BCUT2D eigenvalue weighted by molar-refractivity contribution is -0.105. The van der Waals surface area contributed by atoms with Crippen LogP contribution < -0.4 is 10.6 Å². The number of thiazole rings is 1. The molecule has 0 atom stereocenters. The Bertz CT molecular complexity index is 752. The molecule has 2 N–H and O–H groups in total. The number of amides is 1. The molecule has 1 aromatic heterocycles. The predicted molar refractivity (Wildman–Crippen MR) is 94.4 cm³/mol. The number of aromatic nitrogens is 1. The van der Waals surface area contributed by atoms with Gasteiger partial charge in [0, 0.05) is 16.8 Å². The van der Waals surface area contributed by atoms with Gasteiger partial charge in [0.2, 0.25) is 6.41 Å². The number of nitrogens with one attached hydrogen (secondary N) is 2. The Morgan fingerprint density at radius 3 is 3.05 bits per heavy atom. The zero-order chi connectivity index (χ0) is 15.4. The van der Waals surface area contributed by atoms with Gasteiger partial charge in [-0.1, -0.05) is 23.9 Å². The topological polar surface area (TPSA) is 66.4 Å². The van der Waals surface area contributed by atoms with Crippen LogP contribution in [0.3, 0.4) is 0 Å². The average molecular weight is 330 g/mol. The molecule has 1 aromatic carbocycles. The lowest BCUT2D eigenvalue weighted by Crippen LogP contribution is -2.00. The quantitative estimate of drug-likeness (QED) is 0.819. The van der Waals surface area contributed by atoms with Crippen molar-refractivity contribution in [2.75, 3.05) is 17.2 Å². The SMILES string of the molecule is Cc1ccc(NC=O)cc1Nc1nc(C2=NCC=CS2)cs1. The van der Waals surface area contributed by atoms with Crippen LogP contribution in [0.5, 0.6) is 0 Å². The first-order chi connectivity index (χ1) is 10.8. The molecular formula is C15H14N4OS2. The van der Waals surface area contributed by atoms with Crippen LogP contribution in [0, 0.1) is 6.92 Å². The van der Waals surface area contributed by atoms with Crippen molar-refractivity contribution < 1.29 is 4.79 Å². The molecule has 0 fully saturated rings. The Morgan fingerprint density at radius 2 is 2.27 bits per heavy atom. The lowest BCUT2D eigenvalue weighted by atomic mass is 10.2. The van der Waals surface area contributed by atoms with Gasteiger partial charge in [0.1, 0.15) is 10.7 Å². The van der Waals surface area contributed by atoms with Crippen LogP contribution in [-0.2, 0) is 4.79 Å². The molecule has 7 heteroatoms. The van der Waals surface area contributed by atoms with E-state index in [2.05, 4.69) is 20.6 Å². The zero-order valence-corrected chi connectivity index (χ0v) is 13.5. The van der Waals surface area contributed by atoms with Gasteiger partial charge in [-0.15, -0.1) is 11.3 Å². The van der Waals surface area contributed by atoms with Crippen molar-refractivity contribution in [2.24, 2.45) is 4.99 Å². The molecule has 0 spiro atoms. The highest BCUT2D eigenvalue weighted by Crippen LogP contribution is 2.28. The molecule has 22 heavy (non-hydrogen) atoms. The third-order valence-electron chi connectivity index (χ3n) is 3.04. The Morgan fingerprint density at radius 1 is 1.36 bits per heavy atom. The Balaban J connectivity index is 1.79. The number of thioether (sulfide) groups is 1. The number of aryl methyl sites for hydroxylation is 1. The maximum atomic E-state index is 10.5. The highest BCUT2D eigenvalue weighted by molar-refractivity contribution is 8.16. The molecule has 2 heterocycles. The van der Waals surface area contributed by atoms with Crippen LogP contribution in [0.2, 0.25) is 0 Å². The van der Waals surface area contributed by atoms with E-state index in [0.29, 0.717) is 13.0 Å². The largest absolute Gasteiger partial charge is 0.331 e. The van der Waals surface area contributed by atoms with Crippen molar-refractivity contribution in [3.8, 4) is 0 Å². The third-order valence-corrected chi connectivity index (χ3v) is 4.69. The van der Waals surface area contributed by atoms with Crippen molar-refractivity contribution in [2.45, 2.75) is 6.92 Å². The van der Waals surface area contributed by atoms with Crippen LogP contribution >= 0.6 is 23.1 Å². The van der Waals surface area contributed by atoms with Crippen LogP contribution in [0.25, 0.3) is 0 Å². The van der Waals surface area contributed by atoms with E-state index in [1.807, 2.05) is 42.0 Å². The van der Waals surface area contributed by atoms with Crippen molar-refractivity contribution >= 4 is 51.1 Å². The summed E-state index contributed by atoms with van der Waals surface area (Å²) >= 11 is 3.12. The van der Waals surface area contributed by atoms with Gasteiger partial charge < -0.3 is 10.6 Å². The van der Waals surface area contributed by atoms with Gasteiger partial charge in [0.25, 0.3) is 0 Å². The van der Waals surface area contributed by atoms with Gasteiger partial charge in [0.15, 0.2) is 5.13 Å². The fraction of sp³-hybridized carbons (Fsp3) is 0.133. The summed E-state index contributed by atoms with van der Waals surface area (Å²) in [6.07, 6.45) is 2.69. The van der Waals surface area contributed by atoms with E-state index in [4.69, 9.17) is 0 Å². The number of hydrogen-bond acceptors (Lipinski definition) is 6. The molecule has 0 bridgehead atoms. The smallest absolute Gasteiger partial charge is 0.211 e. The summed E-state index contributed by atoms with van der Waals surface area (Å²) < 4.78 is 0. The minimum absolute atomic E-state index is 0.669. The fourth-order valence-electron chi connectivity index (χ4n) is 1.93. The second-order valence-electron chi connectivity index (χ2n) is 4.59. The van der Waals surface area contributed by atoms with E-state index in [1.165, 1.54) is 11.3 Å².